The van der Waals surface area contributed by atoms with E-state index in [0.717, 1.165) is 18.5 Å². The van der Waals surface area contributed by atoms with Crippen molar-refractivity contribution in [3.63, 3.8) is 0 Å². The number of aromatic nitrogens is 1. The van der Waals surface area contributed by atoms with Crippen molar-refractivity contribution < 1.29 is 4.74 Å². The van der Waals surface area contributed by atoms with E-state index in [9.17, 15) is 0 Å². The Morgan fingerprint density at radius 3 is 2.81 bits per heavy atom. The Morgan fingerprint density at radius 1 is 1.44 bits per heavy atom. The first-order valence-corrected chi connectivity index (χ1v) is 6.02. The Kier molecular flexibility index (Phi) is 5.88. The molecule has 3 nitrogen and oxygen atoms in total. The minimum Gasteiger partial charge on any atom is -0.478 e. The van der Waals surface area contributed by atoms with E-state index in [1.165, 1.54) is 0 Å². The summed E-state index contributed by atoms with van der Waals surface area (Å²) in [4.78, 5) is 6.19. The van der Waals surface area contributed by atoms with Crippen LogP contribution in [0.3, 0.4) is 0 Å². The molecule has 1 rings (SSSR count). The third kappa shape index (κ3) is 4.56. The molecule has 0 aliphatic carbocycles. The van der Waals surface area contributed by atoms with E-state index in [1.54, 1.807) is 12.3 Å². The number of halogens is 2. The van der Waals surface area contributed by atoms with Crippen LogP contribution in [-0.2, 0) is 5.88 Å². The number of nitrogens with zero attached hydrogens (tertiary/aromatic N) is 2. The van der Waals surface area contributed by atoms with Crippen molar-refractivity contribution in [2.45, 2.75) is 12.3 Å². The second kappa shape index (κ2) is 6.94. The molecule has 1 heterocycles. The SMILES string of the molecule is CN(C)CCCOc1cc(CCl)c(Cl)cn1. The van der Waals surface area contributed by atoms with Gasteiger partial charge in [-0.3, -0.25) is 0 Å². The van der Waals surface area contributed by atoms with Crippen LogP contribution in [0.15, 0.2) is 12.3 Å². The van der Waals surface area contributed by atoms with Gasteiger partial charge in [0.2, 0.25) is 5.88 Å². The van der Waals surface area contributed by atoms with E-state index in [4.69, 9.17) is 27.9 Å². The summed E-state index contributed by atoms with van der Waals surface area (Å²) in [6.07, 6.45) is 2.54. The summed E-state index contributed by atoms with van der Waals surface area (Å²) in [7, 11) is 4.07. The fourth-order valence-electron chi connectivity index (χ4n) is 1.20. The zero-order valence-electron chi connectivity index (χ0n) is 9.54. The molecule has 0 aliphatic rings. The van der Waals surface area contributed by atoms with Crippen LogP contribution in [0.4, 0.5) is 0 Å². The maximum atomic E-state index is 5.89. The van der Waals surface area contributed by atoms with Crippen molar-refractivity contribution in [1.82, 2.24) is 9.88 Å². The Morgan fingerprint density at radius 2 is 2.19 bits per heavy atom. The Labute approximate surface area is 106 Å². The maximum Gasteiger partial charge on any atom is 0.213 e. The molecule has 16 heavy (non-hydrogen) atoms. The lowest BCUT2D eigenvalue weighted by molar-refractivity contribution is 0.273. The number of ether oxygens (including phenoxy) is 1. The van der Waals surface area contributed by atoms with Crippen molar-refractivity contribution in [3.05, 3.63) is 22.8 Å². The summed E-state index contributed by atoms with van der Waals surface area (Å²) in [5, 5.41) is 0.579. The lowest BCUT2D eigenvalue weighted by Crippen LogP contribution is -2.15. The average molecular weight is 263 g/mol. The quantitative estimate of drug-likeness (QED) is 0.583. The average Bonchev–Trinajstić information content (AvgIpc) is 2.26. The van der Waals surface area contributed by atoms with Gasteiger partial charge >= 0.3 is 0 Å². The van der Waals surface area contributed by atoms with Gasteiger partial charge in [0.15, 0.2) is 0 Å². The molecule has 0 saturated heterocycles. The Balaban J connectivity index is 2.42. The summed E-state index contributed by atoms with van der Waals surface area (Å²) in [5.41, 5.74) is 0.848. The highest BCUT2D eigenvalue weighted by atomic mass is 35.5. The van der Waals surface area contributed by atoms with E-state index in [0.29, 0.717) is 23.4 Å². The molecule has 0 saturated carbocycles. The largest absolute Gasteiger partial charge is 0.478 e. The van der Waals surface area contributed by atoms with Gasteiger partial charge in [0.05, 0.1) is 11.6 Å². The molecule has 1 aromatic rings. The first-order chi connectivity index (χ1) is 7.63. The van der Waals surface area contributed by atoms with E-state index >= 15 is 0 Å². The fraction of sp³-hybridized carbons (Fsp3) is 0.545. The Hall–Kier alpha value is -0.510. The van der Waals surface area contributed by atoms with Gasteiger partial charge in [-0.2, -0.15) is 0 Å². The summed E-state index contributed by atoms with van der Waals surface area (Å²) in [6.45, 7) is 1.64. The molecule has 0 bridgehead atoms. The topological polar surface area (TPSA) is 25.4 Å². The van der Waals surface area contributed by atoms with Crippen LogP contribution >= 0.6 is 23.2 Å². The highest BCUT2D eigenvalue weighted by Crippen LogP contribution is 2.20. The smallest absolute Gasteiger partial charge is 0.213 e. The normalized spacial score (nSPS) is 10.8. The van der Waals surface area contributed by atoms with Gasteiger partial charge in [-0.05, 0) is 26.1 Å². The minimum atomic E-state index is 0.370. The molecule has 1 aromatic heterocycles. The predicted octanol–water partition coefficient (Wildman–Crippen LogP) is 2.80. The van der Waals surface area contributed by atoms with E-state index < -0.39 is 0 Å². The van der Waals surface area contributed by atoms with Gasteiger partial charge < -0.3 is 9.64 Å². The highest BCUT2D eigenvalue weighted by Gasteiger charge is 2.03. The molecule has 0 aliphatic heterocycles. The lowest BCUT2D eigenvalue weighted by Gasteiger charge is -2.10. The Bertz CT molecular complexity index is 332. The van der Waals surface area contributed by atoms with Crippen molar-refractivity contribution in [3.8, 4) is 5.88 Å². The van der Waals surface area contributed by atoms with Gasteiger partial charge in [0.25, 0.3) is 0 Å². The van der Waals surface area contributed by atoms with Crippen LogP contribution < -0.4 is 4.74 Å². The van der Waals surface area contributed by atoms with Crippen LogP contribution in [0, 0.1) is 0 Å². The molecule has 5 heteroatoms. The number of rotatable bonds is 6. The van der Waals surface area contributed by atoms with Crippen LogP contribution in [0.1, 0.15) is 12.0 Å². The van der Waals surface area contributed by atoms with E-state index in [1.807, 2.05) is 14.1 Å². The maximum absolute atomic E-state index is 5.89. The second-order valence-electron chi connectivity index (χ2n) is 3.75. The van der Waals surface area contributed by atoms with Gasteiger partial charge in [0, 0.05) is 24.7 Å². The number of hydrogen-bond acceptors (Lipinski definition) is 3. The van der Waals surface area contributed by atoms with Gasteiger partial charge in [-0.1, -0.05) is 11.6 Å². The van der Waals surface area contributed by atoms with E-state index in [-0.39, 0.29) is 0 Å². The predicted molar refractivity (Wildman–Crippen MR) is 67.5 cm³/mol. The summed E-state index contributed by atoms with van der Waals surface area (Å²) < 4.78 is 5.50. The minimum absolute atomic E-state index is 0.370. The first-order valence-electron chi connectivity index (χ1n) is 5.11. The molecule has 0 amide bonds. The number of hydrogen-bond donors (Lipinski definition) is 0. The van der Waals surface area contributed by atoms with Gasteiger partial charge in [-0.15, -0.1) is 11.6 Å². The van der Waals surface area contributed by atoms with Crippen LogP contribution in [0.2, 0.25) is 5.02 Å². The van der Waals surface area contributed by atoms with Crippen molar-refractivity contribution >= 4 is 23.2 Å². The summed E-state index contributed by atoms with van der Waals surface area (Å²) in [6, 6.07) is 1.78. The molecular formula is C11H16Cl2N2O. The number of alkyl halides is 1. The molecular weight excluding hydrogens is 247 g/mol. The third-order valence-corrected chi connectivity index (χ3v) is 2.68. The zero-order valence-corrected chi connectivity index (χ0v) is 11.1. The highest BCUT2D eigenvalue weighted by molar-refractivity contribution is 6.32. The second-order valence-corrected chi connectivity index (χ2v) is 4.43. The summed E-state index contributed by atoms with van der Waals surface area (Å²) >= 11 is 11.6. The molecule has 0 aromatic carbocycles. The van der Waals surface area contributed by atoms with Crippen LogP contribution in [-0.4, -0.2) is 37.1 Å². The van der Waals surface area contributed by atoms with Gasteiger partial charge in [-0.25, -0.2) is 4.98 Å². The number of pyridine rings is 1. The standard InChI is InChI=1S/C11H16Cl2N2O/c1-15(2)4-3-5-16-11-6-9(7-12)10(13)8-14-11/h6,8H,3-5,7H2,1-2H3. The first kappa shape index (κ1) is 13.6. The van der Waals surface area contributed by atoms with Gasteiger partial charge in [0.1, 0.15) is 0 Å². The van der Waals surface area contributed by atoms with Crippen LogP contribution in [0.25, 0.3) is 0 Å². The van der Waals surface area contributed by atoms with Crippen molar-refractivity contribution in [2.24, 2.45) is 0 Å². The molecule has 0 N–H and O–H groups in total. The molecule has 90 valence electrons. The molecule has 0 atom stereocenters. The monoisotopic (exact) mass is 262 g/mol. The van der Waals surface area contributed by atoms with Crippen LogP contribution in [0.5, 0.6) is 5.88 Å². The fourth-order valence-corrected chi connectivity index (χ4v) is 1.66. The summed E-state index contributed by atoms with van der Waals surface area (Å²) in [5.74, 6) is 0.953. The third-order valence-electron chi connectivity index (χ3n) is 2.05. The molecule has 0 unspecified atom stereocenters. The van der Waals surface area contributed by atoms with Crippen molar-refractivity contribution in [2.75, 3.05) is 27.2 Å². The zero-order chi connectivity index (χ0) is 12.0. The van der Waals surface area contributed by atoms with Crippen molar-refractivity contribution in [1.29, 1.82) is 0 Å². The lowest BCUT2D eigenvalue weighted by atomic mass is 10.3. The molecule has 0 spiro atoms. The molecule has 0 fully saturated rings. The van der Waals surface area contributed by atoms with E-state index in [2.05, 4.69) is 9.88 Å². The molecule has 0 radical (unpaired) electrons.